The van der Waals surface area contributed by atoms with Gasteiger partial charge in [0, 0.05) is 17.7 Å². The van der Waals surface area contributed by atoms with Crippen molar-refractivity contribution in [2.24, 2.45) is 0 Å². The van der Waals surface area contributed by atoms with Crippen molar-refractivity contribution < 1.29 is 0 Å². The molecule has 1 atom stereocenters. The van der Waals surface area contributed by atoms with E-state index in [0.717, 1.165) is 17.8 Å². The van der Waals surface area contributed by atoms with Gasteiger partial charge in [0.1, 0.15) is 11.6 Å². The smallest absolute Gasteiger partial charge is 0.133 e. The molecule has 3 heteroatoms. The molecule has 1 aromatic rings. The quantitative estimate of drug-likeness (QED) is 0.728. The Morgan fingerprint density at radius 2 is 2.25 bits per heavy atom. The van der Waals surface area contributed by atoms with Crippen molar-refractivity contribution in [3.05, 3.63) is 17.6 Å². The summed E-state index contributed by atoms with van der Waals surface area (Å²) in [6, 6.07) is 0. The van der Waals surface area contributed by atoms with Crippen LogP contribution in [0.25, 0.3) is 0 Å². The number of anilines is 1. The van der Waals surface area contributed by atoms with E-state index in [1.807, 2.05) is 6.92 Å². The Morgan fingerprint density at radius 3 is 2.75 bits per heavy atom. The van der Waals surface area contributed by atoms with Crippen LogP contribution in [0.2, 0.25) is 0 Å². The lowest BCUT2D eigenvalue weighted by atomic mass is 10.1. The van der Waals surface area contributed by atoms with Crippen LogP contribution in [0.3, 0.4) is 0 Å². The molecule has 0 aliphatic rings. The monoisotopic (exact) mass is 165 g/mol. The molecule has 1 aromatic heterocycles. The number of nitrogen functional groups attached to an aromatic ring is 1. The maximum Gasteiger partial charge on any atom is 0.133 e. The Bertz CT molecular complexity index is 270. The van der Waals surface area contributed by atoms with E-state index in [1.165, 1.54) is 0 Å². The Hall–Kier alpha value is -1.12. The van der Waals surface area contributed by atoms with Crippen molar-refractivity contribution in [1.82, 2.24) is 9.97 Å². The molecule has 0 amide bonds. The lowest BCUT2D eigenvalue weighted by molar-refractivity contribution is 0.678. The van der Waals surface area contributed by atoms with E-state index in [-0.39, 0.29) is 0 Å². The third kappa shape index (κ3) is 1.72. The fourth-order valence-electron chi connectivity index (χ4n) is 0.890. The highest BCUT2D eigenvalue weighted by Gasteiger charge is 2.06. The molecule has 0 aliphatic heterocycles. The van der Waals surface area contributed by atoms with Gasteiger partial charge in [-0.2, -0.15) is 0 Å². The SMILES string of the molecule is CCC(C)c1ncc(C)c(N)n1. The van der Waals surface area contributed by atoms with E-state index in [1.54, 1.807) is 6.20 Å². The lowest BCUT2D eigenvalue weighted by Gasteiger charge is -2.07. The second-order valence-corrected chi connectivity index (χ2v) is 3.11. The molecule has 0 radical (unpaired) electrons. The third-order valence-corrected chi connectivity index (χ3v) is 2.08. The molecular weight excluding hydrogens is 150 g/mol. The highest BCUT2D eigenvalue weighted by atomic mass is 14.9. The molecule has 0 spiro atoms. The minimum Gasteiger partial charge on any atom is -0.383 e. The van der Waals surface area contributed by atoms with Gasteiger partial charge >= 0.3 is 0 Å². The fraction of sp³-hybridized carbons (Fsp3) is 0.556. The normalized spacial score (nSPS) is 12.9. The van der Waals surface area contributed by atoms with Gasteiger partial charge in [-0.3, -0.25) is 0 Å². The summed E-state index contributed by atoms with van der Waals surface area (Å²) in [7, 11) is 0. The van der Waals surface area contributed by atoms with Gasteiger partial charge in [-0.1, -0.05) is 13.8 Å². The molecule has 3 nitrogen and oxygen atoms in total. The Balaban J connectivity index is 2.96. The Kier molecular flexibility index (Phi) is 2.63. The van der Waals surface area contributed by atoms with Gasteiger partial charge in [0.2, 0.25) is 0 Å². The molecule has 1 unspecified atom stereocenters. The average molecular weight is 165 g/mol. The minimum absolute atomic E-state index is 0.396. The van der Waals surface area contributed by atoms with Gasteiger partial charge in [0.25, 0.3) is 0 Å². The second-order valence-electron chi connectivity index (χ2n) is 3.11. The number of hydrogen-bond acceptors (Lipinski definition) is 3. The molecule has 0 aromatic carbocycles. The number of nitrogens with two attached hydrogens (primary N) is 1. The first-order valence-corrected chi connectivity index (χ1v) is 4.24. The number of nitrogens with zero attached hydrogens (tertiary/aromatic N) is 2. The molecule has 0 fully saturated rings. The van der Waals surface area contributed by atoms with E-state index in [9.17, 15) is 0 Å². The summed E-state index contributed by atoms with van der Waals surface area (Å²) < 4.78 is 0. The highest BCUT2D eigenvalue weighted by Crippen LogP contribution is 2.15. The third-order valence-electron chi connectivity index (χ3n) is 2.08. The fourth-order valence-corrected chi connectivity index (χ4v) is 0.890. The first-order chi connectivity index (χ1) is 5.65. The summed E-state index contributed by atoms with van der Waals surface area (Å²) in [5.74, 6) is 1.84. The topological polar surface area (TPSA) is 51.8 Å². The van der Waals surface area contributed by atoms with Crippen LogP contribution in [-0.4, -0.2) is 9.97 Å². The Morgan fingerprint density at radius 1 is 1.58 bits per heavy atom. The summed E-state index contributed by atoms with van der Waals surface area (Å²) in [5, 5.41) is 0. The molecule has 2 N–H and O–H groups in total. The molecular formula is C9H15N3. The standard InChI is InChI=1S/C9H15N3/c1-4-6(2)9-11-5-7(3)8(10)12-9/h5-6H,4H2,1-3H3,(H2,10,11,12). The van der Waals surface area contributed by atoms with Crippen LogP contribution in [0, 0.1) is 6.92 Å². The maximum atomic E-state index is 5.66. The summed E-state index contributed by atoms with van der Waals surface area (Å²) in [6.07, 6.45) is 2.83. The molecule has 66 valence electrons. The first kappa shape index (κ1) is 8.97. The van der Waals surface area contributed by atoms with Crippen molar-refractivity contribution in [2.75, 3.05) is 5.73 Å². The van der Waals surface area contributed by atoms with E-state index < -0.39 is 0 Å². The van der Waals surface area contributed by atoms with Crippen molar-refractivity contribution in [2.45, 2.75) is 33.1 Å². The van der Waals surface area contributed by atoms with E-state index in [2.05, 4.69) is 23.8 Å². The predicted octanol–water partition coefficient (Wildman–Crippen LogP) is 1.88. The van der Waals surface area contributed by atoms with Gasteiger partial charge < -0.3 is 5.73 Å². The van der Waals surface area contributed by atoms with Gasteiger partial charge in [0.15, 0.2) is 0 Å². The number of rotatable bonds is 2. The van der Waals surface area contributed by atoms with Crippen molar-refractivity contribution >= 4 is 5.82 Å². The van der Waals surface area contributed by atoms with Crippen LogP contribution in [0.5, 0.6) is 0 Å². The molecule has 1 heterocycles. The van der Waals surface area contributed by atoms with E-state index >= 15 is 0 Å². The summed E-state index contributed by atoms with van der Waals surface area (Å²) in [4.78, 5) is 8.43. The minimum atomic E-state index is 0.396. The lowest BCUT2D eigenvalue weighted by Crippen LogP contribution is -2.04. The summed E-state index contributed by atoms with van der Waals surface area (Å²) in [6.45, 7) is 6.13. The zero-order valence-corrected chi connectivity index (χ0v) is 7.83. The first-order valence-electron chi connectivity index (χ1n) is 4.24. The van der Waals surface area contributed by atoms with E-state index in [4.69, 9.17) is 5.73 Å². The van der Waals surface area contributed by atoms with Crippen molar-refractivity contribution in [1.29, 1.82) is 0 Å². The van der Waals surface area contributed by atoms with Crippen LogP contribution in [-0.2, 0) is 0 Å². The number of aryl methyl sites for hydroxylation is 1. The Labute approximate surface area is 73.0 Å². The highest BCUT2D eigenvalue weighted by molar-refractivity contribution is 5.36. The van der Waals surface area contributed by atoms with E-state index in [0.29, 0.717) is 11.7 Å². The zero-order chi connectivity index (χ0) is 9.14. The van der Waals surface area contributed by atoms with Crippen LogP contribution < -0.4 is 5.73 Å². The molecule has 0 saturated heterocycles. The van der Waals surface area contributed by atoms with Crippen molar-refractivity contribution in [3.8, 4) is 0 Å². The van der Waals surface area contributed by atoms with Gasteiger partial charge in [-0.15, -0.1) is 0 Å². The number of hydrogen-bond donors (Lipinski definition) is 1. The average Bonchev–Trinajstić information content (AvgIpc) is 2.08. The van der Waals surface area contributed by atoms with Crippen LogP contribution in [0.4, 0.5) is 5.82 Å². The molecule has 0 aliphatic carbocycles. The largest absolute Gasteiger partial charge is 0.383 e. The van der Waals surface area contributed by atoms with Crippen LogP contribution >= 0.6 is 0 Å². The summed E-state index contributed by atoms with van der Waals surface area (Å²) in [5.41, 5.74) is 6.61. The number of aromatic nitrogens is 2. The second kappa shape index (κ2) is 3.52. The van der Waals surface area contributed by atoms with Gasteiger partial charge in [-0.05, 0) is 13.3 Å². The van der Waals surface area contributed by atoms with Crippen LogP contribution in [0.15, 0.2) is 6.20 Å². The van der Waals surface area contributed by atoms with Gasteiger partial charge in [0.05, 0.1) is 0 Å². The molecule has 12 heavy (non-hydrogen) atoms. The van der Waals surface area contributed by atoms with Crippen molar-refractivity contribution in [3.63, 3.8) is 0 Å². The molecule has 1 rings (SSSR count). The maximum absolute atomic E-state index is 5.66. The predicted molar refractivity (Wildman–Crippen MR) is 49.9 cm³/mol. The summed E-state index contributed by atoms with van der Waals surface area (Å²) >= 11 is 0. The zero-order valence-electron chi connectivity index (χ0n) is 7.83. The molecule has 0 bridgehead atoms. The van der Waals surface area contributed by atoms with Crippen LogP contribution in [0.1, 0.15) is 37.6 Å². The molecule has 0 saturated carbocycles. The van der Waals surface area contributed by atoms with Gasteiger partial charge in [-0.25, -0.2) is 9.97 Å².